The Hall–Kier alpha value is -2.30. The van der Waals surface area contributed by atoms with Crippen molar-refractivity contribution in [3.63, 3.8) is 0 Å². The Bertz CT molecular complexity index is 624. The van der Waals surface area contributed by atoms with E-state index in [2.05, 4.69) is 74.2 Å². The average molecular weight is 274 g/mol. The van der Waals surface area contributed by atoms with Crippen LogP contribution in [0.2, 0.25) is 0 Å². The molecule has 0 heterocycles. The summed E-state index contributed by atoms with van der Waals surface area (Å²) in [6.45, 7) is 4.48. The van der Waals surface area contributed by atoms with Gasteiger partial charge in [0, 0.05) is 0 Å². The monoisotopic (exact) mass is 274 g/mol. The first-order valence-electron chi connectivity index (χ1n) is 7.35. The number of hydrogen-bond donors (Lipinski definition) is 0. The Morgan fingerprint density at radius 1 is 0.905 bits per heavy atom. The zero-order chi connectivity index (χ0) is 15.0. The third-order valence-electron chi connectivity index (χ3n) is 3.26. The van der Waals surface area contributed by atoms with Gasteiger partial charge in [0.25, 0.3) is 0 Å². The lowest BCUT2D eigenvalue weighted by Gasteiger charge is -2.18. The van der Waals surface area contributed by atoms with Gasteiger partial charge in [-0.05, 0) is 35.1 Å². The molecule has 106 valence electrons. The molecule has 0 fully saturated rings. The van der Waals surface area contributed by atoms with E-state index in [0.29, 0.717) is 0 Å². The van der Waals surface area contributed by atoms with Crippen molar-refractivity contribution in [1.82, 2.24) is 0 Å². The molecule has 0 heteroatoms. The largest absolute Gasteiger partial charge is 0.125 e. The number of allylic oxidation sites excluding steroid dienone is 2. The van der Waals surface area contributed by atoms with Gasteiger partial charge in [-0.25, -0.2) is 0 Å². The topological polar surface area (TPSA) is 0 Å². The molecule has 0 spiro atoms. The zero-order valence-corrected chi connectivity index (χ0v) is 12.8. The summed E-state index contributed by atoms with van der Waals surface area (Å²) in [6.07, 6.45) is 9.27. The highest BCUT2D eigenvalue weighted by Crippen LogP contribution is 2.22. The molecule has 0 aliphatic carbocycles. The highest BCUT2D eigenvalue weighted by molar-refractivity contribution is 5.50. The molecule has 0 unspecified atom stereocenters. The molecule has 0 bridgehead atoms. The molecule has 2 aromatic rings. The van der Waals surface area contributed by atoms with Crippen LogP contribution in [0.15, 0.2) is 84.6 Å². The van der Waals surface area contributed by atoms with E-state index in [-0.39, 0.29) is 5.41 Å². The van der Waals surface area contributed by atoms with Gasteiger partial charge in [-0.2, -0.15) is 0 Å². The molecule has 0 aliphatic heterocycles. The Balaban J connectivity index is 1.96. The standard InChI is InChI=1S/C21H22/c1-21(2,18-20-15-8-4-9-16-20)17-11-5-10-14-19-12-6-3-7-13-19/h3-10,12-17H,18H2,1-2H3/b14-10+. The summed E-state index contributed by atoms with van der Waals surface area (Å²) in [5.41, 5.74) is 5.96. The van der Waals surface area contributed by atoms with E-state index < -0.39 is 0 Å². The number of rotatable bonds is 5. The first-order valence-corrected chi connectivity index (χ1v) is 7.35. The third-order valence-corrected chi connectivity index (χ3v) is 3.26. The molecule has 0 radical (unpaired) electrons. The Morgan fingerprint density at radius 3 is 2.19 bits per heavy atom. The summed E-state index contributed by atoms with van der Waals surface area (Å²) in [5.74, 6) is 0. The predicted octanol–water partition coefficient (Wildman–Crippen LogP) is 5.68. The van der Waals surface area contributed by atoms with Crippen LogP contribution in [0, 0.1) is 5.41 Å². The van der Waals surface area contributed by atoms with E-state index in [0.717, 1.165) is 6.42 Å². The molecule has 0 saturated heterocycles. The van der Waals surface area contributed by atoms with Crippen molar-refractivity contribution < 1.29 is 0 Å². The maximum Gasteiger partial charge on any atom is -0.00587 e. The van der Waals surface area contributed by atoms with Crippen LogP contribution in [0.4, 0.5) is 0 Å². The lowest BCUT2D eigenvalue weighted by Crippen LogP contribution is -2.10. The van der Waals surface area contributed by atoms with Gasteiger partial charge >= 0.3 is 0 Å². The maximum atomic E-state index is 3.28. The molecule has 0 aromatic heterocycles. The second-order valence-corrected chi connectivity index (χ2v) is 5.90. The first kappa shape index (κ1) is 15.1. The van der Waals surface area contributed by atoms with Crippen molar-refractivity contribution in [2.24, 2.45) is 5.41 Å². The van der Waals surface area contributed by atoms with Crippen LogP contribution in [-0.4, -0.2) is 0 Å². The maximum absolute atomic E-state index is 3.28. The highest BCUT2D eigenvalue weighted by Gasteiger charge is 2.13. The average Bonchev–Trinajstić information content (AvgIpc) is 2.48. The van der Waals surface area contributed by atoms with Crippen molar-refractivity contribution in [2.75, 3.05) is 0 Å². The van der Waals surface area contributed by atoms with Gasteiger partial charge in [0.1, 0.15) is 0 Å². The van der Waals surface area contributed by atoms with Crippen molar-refractivity contribution in [1.29, 1.82) is 0 Å². The van der Waals surface area contributed by atoms with E-state index in [9.17, 15) is 0 Å². The fourth-order valence-electron chi connectivity index (χ4n) is 2.23. The van der Waals surface area contributed by atoms with Crippen molar-refractivity contribution in [3.8, 4) is 0 Å². The Kier molecular flexibility index (Phi) is 5.37. The Morgan fingerprint density at radius 2 is 1.52 bits per heavy atom. The van der Waals surface area contributed by atoms with Crippen LogP contribution in [-0.2, 0) is 6.42 Å². The summed E-state index contributed by atoms with van der Waals surface area (Å²) in [5, 5.41) is 0. The molecule has 0 nitrogen and oxygen atoms in total. The SMILES string of the molecule is CC(C)(C=C=C/C=C/c1ccccc1)Cc1ccccc1. The first-order chi connectivity index (χ1) is 10.2. The molecule has 2 rings (SSSR count). The lowest BCUT2D eigenvalue weighted by molar-refractivity contribution is 0.478. The summed E-state index contributed by atoms with van der Waals surface area (Å²) < 4.78 is 0. The van der Waals surface area contributed by atoms with Gasteiger partial charge in [-0.3, -0.25) is 0 Å². The van der Waals surface area contributed by atoms with Gasteiger partial charge in [0.2, 0.25) is 0 Å². The molecule has 0 N–H and O–H groups in total. The normalized spacial score (nSPS) is 11.1. The summed E-state index contributed by atoms with van der Waals surface area (Å²) >= 11 is 0. The molecular weight excluding hydrogens is 252 g/mol. The summed E-state index contributed by atoms with van der Waals surface area (Å²) in [6, 6.07) is 20.9. The molecule has 0 saturated carbocycles. The van der Waals surface area contributed by atoms with E-state index in [1.807, 2.05) is 30.4 Å². The van der Waals surface area contributed by atoms with Crippen LogP contribution in [0.1, 0.15) is 25.0 Å². The number of benzene rings is 2. The quantitative estimate of drug-likeness (QED) is 0.486. The van der Waals surface area contributed by atoms with Gasteiger partial charge in [0.15, 0.2) is 0 Å². The van der Waals surface area contributed by atoms with Crippen LogP contribution >= 0.6 is 0 Å². The lowest BCUT2D eigenvalue weighted by atomic mass is 9.86. The summed E-state index contributed by atoms with van der Waals surface area (Å²) in [7, 11) is 0. The summed E-state index contributed by atoms with van der Waals surface area (Å²) in [4.78, 5) is 0. The molecular formula is C21H22. The second kappa shape index (κ2) is 7.47. The van der Waals surface area contributed by atoms with Crippen molar-refractivity contribution >= 4 is 6.08 Å². The predicted molar refractivity (Wildman–Crippen MR) is 92.1 cm³/mol. The molecule has 2 aromatic carbocycles. The van der Waals surface area contributed by atoms with Crippen LogP contribution < -0.4 is 0 Å². The molecule has 0 atom stereocenters. The van der Waals surface area contributed by atoms with E-state index >= 15 is 0 Å². The van der Waals surface area contributed by atoms with Gasteiger partial charge in [-0.1, -0.05) is 86.7 Å². The van der Waals surface area contributed by atoms with Crippen LogP contribution in [0.3, 0.4) is 0 Å². The van der Waals surface area contributed by atoms with E-state index in [1.165, 1.54) is 11.1 Å². The zero-order valence-electron chi connectivity index (χ0n) is 12.8. The third kappa shape index (κ3) is 5.69. The van der Waals surface area contributed by atoms with Gasteiger partial charge in [0.05, 0.1) is 0 Å². The minimum atomic E-state index is 0.110. The molecule has 21 heavy (non-hydrogen) atoms. The fraction of sp³-hybridized carbons (Fsp3) is 0.190. The van der Waals surface area contributed by atoms with Gasteiger partial charge < -0.3 is 0 Å². The smallest absolute Gasteiger partial charge is 0.00587 e. The number of hydrogen-bond acceptors (Lipinski definition) is 0. The minimum Gasteiger partial charge on any atom is -0.125 e. The van der Waals surface area contributed by atoms with Crippen LogP contribution in [0.25, 0.3) is 6.08 Å². The van der Waals surface area contributed by atoms with E-state index in [4.69, 9.17) is 0 Å². The fourth-order valence-corrected chi connectivity index (χ4v) is 2.23. The molecule has 0 amide bonds. The van der Waals surface area contributed by atoms with Crippen molar-refractivity contribution in [2.45, 2.75) is 20.3 Å². The highest BCUT2D eigenvalue weighted by atomic mass is 14.2. The molecule has 0 aliphatic rings. The van der Waals surface area contributed by atoms with E-state index in [1.54, 1.807) is 0 Å². The Labute approximate surface area is 128 Å². The minimum absolute atomic E-state index is 0.110. The van der Waals surface area contributed by atoms with Gasteiger partial charge in [-0.15, -0.1) is 5.73 Å². The van der Waals surface area contributed by atoms with Crippen LogP contribution in [0.5, 0.6) is 0 Å². The van der Waals surface area contributed by atoms with Crippen molar-refractivity contribution in [3.05, 3.63) is 95.7 Å². The second-order valence-electron chi connectivity index (χ2n) is 5.90.